The highest BCUT2D eigenvalue weighted by Crippen LogP contribution is 2.14. The molecule has 0 aliphatic heterocycles. The van der Waals surface area contributed by atoms with Crippen molar-refractivity contribution in [2.75, 3.05) is 20.6 Å². The van der Waals surface area contributed by atoms with Crippen LogP contribution < -0.4 is 0 Å². The highest BCUT2D eigenvalue weighted by atomic mass is 16.2. The van der Waals surface area contributed by atoms with Crippen molar-refractivity contribution < 1.29 is 14.1 Å². The lowest BCUT2D eigenvalue weighted by molar-refractivity contribution is -0.805. The molecule has 0 unspecified atom stereocenters. The van der Waals surface area contributed by atoms with Crippen LogP contribution in [0.25, 0.3) is 0 Å². The van der Waals surface area contributed by atoms with E-state index in [0.717, 1.165) is 25.7 Å². The first-order valence-electron chi connectivity index (χ1n) is 20.0. The number of unbranched alkanes of at least 4 members (excludes halogenated alkanes) is 22. The normalized spacial score (nSPS) is 11.8. The fourth-order valence-electron chi connectivity index (χ4n) is 5.65. The van der Waals surface area contributed by atoms with Gasteiger partial charge in [-0.15, -0.1) is 0 Å². The van der Waals surface area contributed by atoms with E-state index in [2.05, 4.69) is 52.0 Å². The van der Waals surface area contributed by atoms with Gasteiger partial charge in [0.15, 0.2) is 5.78 Å². The summed E-state index contributed by atoms with van der Waals surface area (Å²) in [6.07, 6.45) is 44.9. The minimum absolute atomic E-state index is 0.213. The van der Waals surface area contributed by atoms with Gasteiger partial charge in [0.25, 0.3) is 0 Å². The van der Waals surface area contributed by atoms with E-state index in [1.54, 1.807) is 0 Å². The van der Waals surface area contributed by atoms with Crippen molar-refractivity contribution in [2.24, 2.45) is 0 Å². The smallest absolute Gasteiger partial charge is 0.293 e. The van der Waals surface area contributed by atoms with Crippen molar-refractivity contribution >= 4 is 11.7 Å². The van der Waals surface area contributed by atoms with Crippen LogP contribution in [0, 0.1) is 0 Å². The summed E-state index contributed by atoms with van der Waals surface area (Å²) in [6.45, 7) is 9.15. The Bertz CT molecular complexity index is 678. The molecule has 45 heavy (non-hydrogen) atoms. The average molecular weight is 633 g/mol. The van der Waals surface area contributed by atoms with E-state index < -0.39 is 0 Å². The second-order valence-electron chi connectivity index (χ2n) is 14.2. The molecule has 0 aromatic heterocycles. The number of likely N-dealkylation sites (N-methyl/N-ethyl adjacent to an activating group) is 1. The molecule has 0 bridgehead atoms. The molecule has 3 nitrogen and oxygen atoms in total. The van der Waals surface area contributed by atoms with Crippen LogP contribution >= 0.6 is 0 Å². The molecule has 0 radical (unpaired) electrons. The summed E-state index contributed by atoms with van der Waals surface area (Å²) in [5, 5.41) is 0. The first-order valence-corrected chi connectivity index (χ1v) is 20.0. The largest absolute Gasteiger partial charge is 0.313 e. The number of nitrogens with zero attached hydrogens (tertiary/aromatic N) is 1. The van der Waals surface area contributed by atoms with Crippen molar-refractivity contribution in [3.63, 3.8) is 0 Å². The van der Waals surface area contributed by atoms with Gasteiger partial charge in [-0.05, 0) is 64.2 Å². The number of rotatable bonds is 32. The molecule has 0 saturated carbocycles. The van der Waals surface area contributed by atoms with E-state index in [9.17, 15) is 9.59 Å². The van der Waals surface area contributed by atoms with Crippen molar-refractivity contribution in [3.8, 4) is 0 Å². The van der Waals surface area contributed by atoms with Gasteiger partial charge in [-0.2, -0.15) is 0 Å². The summed E-state index contributed by atoms with van der Waals surface area (Å²) >= 11 is 0. The zero-order valence-electron chi connectivity index (χ0n) is 31.8. The zero-order valence-corrected chi connectivity index (χ0v) is 31.8. The van der Waals surface area contributed by atoms with Gasteiger partial charge < -0.3 is 0 Å². The van der Waals surface area contributed by atoms with E-state index in [1.165, 1.54) is 148 Å². The molecule has 0 fully saturated rings. The summed E-state index contributed by atoms with van der Waals surface area (Å²) in [7, 11) is 3.83. The maximum Gasteiger partial charge on any atom is 0.313 e. The van der Waals surface area contributed by atoms with Crippen LogP contribution in [0.15, 0.2) is 24.3 Å². The predicted molar refractivity (Wildman–Crippen MR) is 202 cm³/mol. The van der Waals surface area contributed by atoms with Gasteiger partial charge in [0, 0.05) is 6.42 Å². The van der Waals surface area contributed by atoms with Gasteiger partial charge in [-0.3, -0.25) is 9.28 Å². The molecule has 0 aromatic rings. The first-order chi connectivity index (χ1) is 21.9. The quantitative estimate of drug-likeness (QED) is 0.0420. The number of carbonyl (C=O) groups excluding carboxylic acids is 2. The van der Waals surface area contributed by atoms with E-state index in [-0.39, 0.29) is 16.2 Å². The summed E-state index contributed by atoms with van der Waals surface area (Å²) in [5.41, 5.74) is 0. The van der Waals surface area contributed by atoms with E-state index in [0.29, 0.717) is 19.4 Å². The third-order valence-corrected chi connectivity index (χ3v) is 8.62. The highest BCUT2D eigenvalue weighted by Gasteiger charge is 2.28. The van der Waals surface area contributed by atoms with Crippen LogP contribution in [0.4, 0.5) is 0 Å². The maximum absolute atomic E-state index is 12.8. The summed E-state index contributed by atoms with van der Waals surface area (Å²) in [6, 6.07) is 0. The molecule has 0 aromatic carbocycles. The minimum Gasteiger partial charge on any atom is -0.293 e. The van der Waals surface area contributed by atoms with Gasteiger partial charge >= 0.3 is 5.91 Å². The molecule has 0 saturated heterocycles. The Labute approximate surface area is 284 Å². The van der Waals surface area contributed by atoms with E-state index >= 15 is 0 Å². The lowest BCUT2D eigenvalue weighted by atomic mass is 10.1. The molecule has 0 N–H and O–H groups in total. The SMILES string of the molecule is CCC.CCCCCCCCC=CCCCCCCCC(=O)C[N+](C)(C)C(=O)CCCCCCCC=CCCCCCCCC. The van der Waals surface area contributed by atoms with Gasteiger partial charge in [-0.1, -0.05) is 161 Å². The molecule has 0 heterocycles. The Hall–Kier alpha value is -1.22. The Morgan fingerprint density at radius 1 is 0.422 bits per heavy atom. The molecule has 0 aliphatic rings. The first kappa shape index (κ1) is 45.9. The minimum atomic E-state index is 0.213. The molecular weight excluding hydrogens is 550 g/mol. The Morgan fingerprint density at radius 3 is 1.07 bits per heavy atom. The van der Waals surface area contributed by atoms with E-state index in [4.69, 9.17) is 0 Å². The number of hydrogen-bond donors (Lipinski definition) is 0. The summed E-state index contributed by atoms with van der Waals surface area (Å²) in [4.78, 5) is 25.3. The topological polar surface area (TPSA) is 34.1 Å². The standard InChI is InChI=1S/C39H74NO2.C3H8/c1-5-7-9-11-13-15-17-19-21-23-25-27-29-31-33-35-38(41)37-40(3,4)39(42)36-34-32-30-28-26-24-22-20-18-16-14-12-10-8-6-2;1-3-2/h19-22H,5-18,23-37H2,1-4H3;3H2,1-2H3/q+1;. The van der Waals surface area contributed by atoms with Crippen molar-refractivity contribution in [1.82, 2.24) is 0 Å². The summed E-state index contributed by atoms with van der Waals surface area (Å²) < 4.78 is 0.216. The molecular formula is C42H82NO2+. The molecule has 266 valence electrons. The van der Waals surface area contributed by atoms with Gasteiger partial charge in [0.1, 0.15) is 6.54 Å². The number of ketones is 1. The molecule has 0 aliphatic carbocycles. The van der Waals surface area contributed by atoms with Crippen LogP contribution in [0.5, 0.6) is 0 Å². The van der Waals surface area contributed by atoms with Crippen molar-refractivity contribution in [3.05, 3.63) is 24.3 Å². The number of allylic oxidation sites excluding steroid dienone is 4. The lowest BCUT2D eigenvalue weighted by Crippen LogP contribution is -2.48. The van der Waals surface area contributed by atoms with E-state index in [1.807, 2.05) is 14.1 Å². The Morgan fingerprint density at radius 2 is 0.711 bits per heavy atom. The summed E-state index contributed by atoms with van der Waals surface area (Å²) in [5.74, 6) is 0.459. The van der Waals surface area contributed by atoms with Crippen LogP contribution in [0.1, 0.15) is 214 Å². The second kappa shape index (κ2) is 37.2. The zero-order chi connectivity index (χ0) is 33.7. The molecule has 0 rings (SSSR count). The number of Topliss-reactive ketones (excluding diaryl/α,β-unsaturated/α-hetero) is 1. The maximum atomic E-state index is 12.8. The fraction of sp³-hybridized carbons (Fsp3) is 0.857. The lowest BCUT2D eigenvalue weighted by Gasteiger charge is -2.26. The number of hydrogen-bond acceptors (Lipinski definition) is 2. The molecule has 3 heteroatoms. The average Bonchev–Trinajstić information content (AvgIpc) is 3.01. The Kier molecular flexibility index (Phi) is 38.0. The molecule has 0 atom stereocenters. The molecule has 1 amide bonds. The fourth-order valence-corrected chi connectivity index (χ4v) is 5.65. The van der Waals surface area contributed by atoms with Crippen molar-refractivity contribution in [1.29, 1.82) is 0 Å². The third kappa shape index (κ3) is 37.1. The second-order valence-corrected chi connectivity index (χ2v) is 14.2. The Balaban J connectivity index is 0. The van der Waals surface area contributed by atoms with Gasteiger partial charge in [0.05, 0.1) is 20.5 Å². The number of amides is 1. The monoisotopic (exact) mass is 633 g/mol. The molecule has 0 spiro atoms. The van der Waals surface area contributed by atoms with Gasteiger partial charge in [0.2, 0.25) is 0 Å². The van der Waals surface area contributed by atoms with Crippen LogP contribution in [-0.2, 0) is 9.59 Å². The van der Waals surface area contributed by atoms with Gasteiger partial charge in [-0.25, -0.2) is 4.79 Å². The number of quaternary nitrogens is 1. The van der Waals surface area contributed by atoms with Crippen LogP contribution in [0.3, 0.4) is 0 Å². The predicted octanol–water partition coefficient (Wildman–Crippen LogP) is 13.6. The van der Waals surface area contributed by atoms with Crippen LogP contribution in [0.2, 0.25) is 0 Å². The number of carbonyl (C=O) groups is 2. The third-order valence-electron chi connectivity index (χ3n) is 8.62. The van der Waals surface area contributed by atoms with Crippen LogP contribution in [-0.4, -0.2) is 36.8 Å². The highest BCUT2D eigenvalue weighted by molar-refractivity contribution is 5.81. The van der Waals surface area contributed by atoms with Crippen molar-refractivity contribution in [2.45, 2.75) is 214 Å².